The molecule has 3 aromatic carbocycles. The minimum Gasteiger partial charge on any atom is -0.496 e. The predicted octanol–water partition coefficient (Wildman–Crippen LogP) is 6.75. The van der Waals surface area contributed by atoms with Gasteiger partial charge in [0.05, 0.1) is 17.5 Å². The summed E-state index contributed by atoms with van der Waals surface area (Å²) in [5.74, 6) is 0.756. The number of carbonyl (C=O) groups is 1. The number of carbonyl (C=O) groups excluding carboxylic acids is 1. The topological polar surface area (TPSA) is 54.5 Å². The van der Waals surface area contributed by atoms with Gasteiger partial charge in [-0.25, -0.2) is 0 Å². The van der Waals surface area contributed by atoms with Crippen LogP contribution in [0.25, 0.3) is 27.8 Å². The zero-order valence-corrected chi connectivity index (χ0v) is 21.3. The minimum atomic E-state index is -0.0519. The Labute approximate surface area is 218 Å². The van der Waals surface area contributed by atoms with Gasteiger partial charge in [0.25, 0.3) is 5.91 Å². The molecule has 1 aliphatic rings. The molecule has 0 radical (unpaired) electrons. The molecule has 1 N–H and O–H groups in total. The highest BCUT2D eigenvalue weighted by molar-refractivity contribution is 8.26. The lowest BCUT2D eigenvalue weighted by Gasteiger charge is -2.15. The van der Waals surface area contributed by atoms with Crippen LogP contribution in [0.2, 0.25) is 5.02 Å². The standard InChI is InChI=1S/C27H22ClN3O2S2/c1-33-24-10-7-17(19-5-2-3-6-20(19)24)15-25-26(32)31(27(34)35-25)14-4-12-29-22-11-13-30-23-16-18(28)8-9-21(22)23/h2-3,5-11,13,15-16H,4,12,14H2,1H3,(H,29,30)/b25-15-. The maximum Gasteiger partial charge on any atom is 0.266 e. The summed E-state index contributed by atoms with van der Waals surface area (Å²) in [7, 11) is 1.66. The van der Waals surface area contributed by atoms with Crippen molar-refractivity contribution in [2.75, 3.05) is 25.5 Å². The molecule has 5 rings (SSSR count). The van der Waals surface area contributed by atoms with E-state index < -0.39 is 0 Å². The average molecular weight is 520 g/mol. The number of rotatable bonds is 7. The molecule has 1 fully saturated rings. The Balaban J connectivity index is 1.26. The number of pyridine rings is 1. The largest absolute Gasteiger partial charge is 0.496 e. The van der Waals surface area contributed by atoms with E-state index in [4.69, 9.17) is 28.6 Å². The summed E-state index contributed by atoms with van der Waals surface area (Å²) in [4.78, 5) is 19.8. The highest BCUT2D eigenvalue weighted by Crippen LogP contribution is 2.35. The number of anilines is 1. The van der Waals surface area contributed by atoms with Gasteiger partial charge in [-0.2, -0.15) is 0 Å². The number of ether oxygens (including phenoxy) is 1. The monoisotopic (exact) mass is 519 g/mol. The summed E-state index contributed by atoms with van der Waals surface area (Å²) in [6.07, 6.45) is 4.44. The van der Waals surface area contributed by atoms with Crippen molar-refractivity contribution >= 4 is 79.2 Å². The van der Waals surface area contributed by atoms with Crippen LogP contribution < -0.4 is 10.1 Å². The van der Waals surface area contributed by atoms with Crippen molar-refractivity contribution in [3.05, 3.63) is 82.4 Å². The van der Waals surface area contributed by atoms with Gasteiger partial charge in [0.2, 0.25) is 0 Å². The van der Waals surface area contributed by atoms with Gasteiger partial charge < -0.3 is 10.1 Å². The van der Waals surface area contributed by atoms with Crippen LogP contribution in [0.3, 0.4) is 0 Å². The lowest BCUT2D eigenvalue weighted by Crippen LogP contribution is -2.30. The Morgan fingerprint density at radius 1 is 1.11 bits per heavy atom. The third kappa shape index (κ3) is 4.85. The molecule has 0 spiro atoms. The van der Waals surface area contributed by atoms with Crippen LogP contribution in [0.5, 0.6) is 5.75 Å². The zero-order chi connectivity index (χ0) is 24.4. The fraction of sp³-hybridized carbons (Fsp3) is 0.148. The van der Waals surface area contributed by atoms with Crippen molar-refractivity contribution < 1.29 is 9.53 Å². The van der Waals surface area contributed by atoms with Crippen molar-refractivity contribution in [3.63, 3.8) is 0 Å². The lowest BCUT2D eigenvalue weighted by atomic mass is 10.0. The summed E-state index contributed by atoms with van der Waals surface area (Å²) in [6, 6.07) is 19.5. The molecule has 2 heterocycles. The first-order chi connectivity index (χ1) is 17.0. The number of nitrogens with zero attached hydrogens (tertiary/aromatic N) is 2. The van der Waals surface area contributed by atoms with Gasteiger partial charge >= 0.3 is 0 Å². The van der Waals surface area contributed by atoms with E-state index in [1.807, 2.05) is 66.7 Å². The number of thioether (sulfide) groups is 1. The Bertz CT molecular complexity index is 1490. The van der Waals surface area contributed by atoms with Gasteiger partial charge in [-0.15, -0.1) is 0 Å². The Kier molecular flexibility index (Phi) is 6.90. The van der Waals surface area contributed by atoms with E-state index in [9.17, 15) is 4.79 Å². The normalized spacial score (nSPS) is 14.9. The molecule has 0 bridgehead atoms. The quantitative estimate of drug-likeness (QED) is 0.165. The Morgan fingerprint density at radius 3 is 2.77 bits per heavy atom. The molecule has 0 saturated carbocycles. The molecule has 4 aromatic rings. The van der Waals surface area contributed by atoms with Crippen molar-refractivity contribution in [1.29, 1.82) is 0 Å². The maximum atomic E-state index is 13.1. The number of thiocarbonyl (C=S) groups is 1. The predicted molar refractivity (Wildman–Crippen MR) is 150 cm³/mol. The number of fused-ring (bicyclic) bond motifs is 2. The lowest BCUT2D eigenvalue weighted by molar-refractivity contribution is -0.122. The van der Waals surface area contributed by atoms with E-state index >= 15 is 0 Å². The third-order valence-electron chi connectivity index (χ3n) is 5.88. The van der Waals surface area contributed by atoms with Crippen molar-refractivity contribution in [3.8, 4) is 5.75 Å². The Morgan fingerprint density at radius 2 is 1.94 bits per heavy atom. The fourth-order valence-electron chi connectivity index (χ4n) is 4.17. The summed E-state index contributed by atoms with van der Waals surface area (Å²) < 4.78 is 6.07. The van der Waals surface area contributed by atoms with Gasteiger partial charge in [-0.05, 0) is 53.8 Å². The SMILES string of the molecule is COc1ccc(/C=C2\SC(=S)N(CCCNc3ccnc4cc(Cl)ccc34)C2=O)c2ccccc12. The van der Waals surface area contributed by atoms with Crippen LogP contribution in [-0.2, 0) is 4.79 Å². The second-order valence-electron chi connectivity index (χ2n) is 8.04. The number of benzene rings is 3. The van der Waals surface area contributed by atoms with E-state index in [0.717, 1.165) is 45.1 Å². The van der Waals surface area contributed by atoms with Crippen LogP contribution in [-0.4, -0.2) is 40.3 Å². The summed E-state index contributed by atoms with van der Waals surface area (Å²) in [6.45, 7) is 1.24. The van der Waals surface area contributed by atoms with Gasteiger partial charge in [0.1, 0.15) is 10.1 Å². The number of halogens is 1. The van der Waals surface area contributed by atoms with Crippen molar-refractivity contribution in [2.45, 2.75) is 6.42 Å². The first-order valence-electron chi connectivity index (χ1n) is 11.1. The van der Waals surface area contributed by atoms with E-state index in [-0.39, 0.29) is 5.91 Å². The van der Waals surface area contributed by atoms with E-state index in [0.29, 0.717) is 27.3 Å². The summed E-state index contributed by atoms with van der Waals surface area (Å²) in [5.41, 5.74) is 2.80. The van der Waals surface area contributed by atoms with Crippen LogP contribution in [0.1, 0.15) is 12.0 Å². The maximum absolute atomic E-state index is 13.1. The molecular formula is C27H22ClN3O2S2. The van der Waals surface area contributed by atoms with E-state index in [1.165, 1.54) is 11.8 Å². The Hall–Kier alpha value is -3.13. The van der Waals surface area contributed by atoms with Crippen LogP contribution in [0, 0.1) is 0 Å². The van der Waals surface area contributed by atoms with E-state index in [2.05, 4.69) is 10.3 Å². The first kappa shape index (κ1) is 23.6. The van der Waals surface area contributed by atoms with Crippen LogP contribution in [0.15, 0.2) is 71.8 Å². The number of hydrogen-bond acceptors (Lipinski definition) is 6. The molecule has 35 heavy (non-hydrogen) atoms. The molecule has 1 aromatic heterocycles. The number of amides is 1. The average Bonchev–Trinajstić information content (AvgIpc) is 3.13. The highest BCUT2D eigenvalue weighted by atomic mass is 35.5. The van der Waals surface area contributed by atoms with Crippen molar-refractivity contribution in [2.24, 2.45) is 0 Å². The molecular weight excluding hydrogens is 498 g/mol. The van der Waals surface area contributed by atoms with E-state index in [1.54, 1.807) is 18.2 Å². The van der Waals surface area contributed by atoms with Gasteiger partial charge in [-0.1, -0.05) is 65.9 Å². The third-order valence-corrected chi connectivity index (χ3v) is 7.49. The second-order valence-corrected chi connectivity index (χ2v) is 10.1. The van der Waals surface area contributed by atoms with Crippen LogP contribution in [0.4, 0.5) is 5.69 Å². The number of methoxy groups -OCH3 is 1. The van der Waals surface area contributed by atoms with Crippen molar-refractivity contribution in [1.82, 2.24) is 9.88 Å². The number of aromatic nitrogens is 1. The van der Waals surface area contributed by atoms with Crippen LogP contribution >= 0.6 is 35.6 Å². The molecule has 0 unspecified atom stereocenters. The van der Waals surface area contributed by atoms with Gasteiger partial charge in [0, 0.05) is 40.8 Å². The molecule has 0 aliphatic carbocycles. The highest BCUT2D eigenvalue weighted by Gasteiger charge is 2.31. The molecule has 5 nitrogen and oxygen atoms in total. The molecule has 176 valence electrons. The minimum absolute atomic E-state index is 0.0519. The second kappa shape index (κ2) is 10.2. The first-order valence-corrected chi connectivity index (χ1v) is 12.7. The van der Waals surface area contributed by atoms with Gasteiger partial charge in [0.15, 0.2) is 0 Å². The summed E-state index contributed by atoms with van der Waals surface area (Å²) in [5, 5.41) is 7.16. The number of nitrogens with one attached hydrogen (secondary N) is 1. The number of hydrogen-bond donors (Lipinski definition) is 1. The zero-order valence-electron chi connectivity index (χ0n) is 19.0. The van der Waals surface area contributed by atoms with Gasteiger partial charge in [-0.3, -0.25) is 14.7 Å². The molecule has 1 amide bonds. The molecule has 8 heteroatoms. The fourth-order valence-corrected chi connectivity index (χ4v) is 5.63. The smallest absolute Gasteiger partial charge is 0.266 e. The molecule has 1 saturated heterocycles. The molecule has 1 aliphatic heterocycles. The molecule has 0 atom stereocenters. The summed E-state index contributed by atoms with van der Waals surface area (Å²) >= 11 is 13.0.